The van der Waals surface area contributed by atoms with Crippen LogP contribution in [0.1, 0.15) is 21.5 Å². The third-order valence-corrected chi connectivity index (χ3v) is 1.99. The predicted octanol–water partition coefficient (Wildman–Crippen LogP) is 2.07. The third kappa shape index (κ3) is 2.30. The molecule has 1 rings (SSSR count). The molecule has 7 heteroatoms. The summed E-state index contributed by atoms with van der Waals surface area (Å²) in [5.41, 5.74) is -2.57. The summed E-state index contributed by atoms with van der Waals surface area (Å²) < 4.78 is 41.5. The van der Waals surface area contributed by atoms with E-state index >= 15 is 0 Å². The van der Waals surface area contributed by atoms with E-state index < -0.39 is 29.0 Å². The SMILES string of the molecule is COC(=O)c1c(C#N)ccc(C(F)(F)F)c1O. The Bertz CT molecular complexity index is 503. The van der Waals surface area contributed by atoms with Crippen molar-refractivity contribution in [3.63, 3.8) is 0 Å². The van der Waals surface area contributed by atoms with E-state index in [0.29, 0.717) is 6.07 Å². The number of phenolic OH excluding ortho intramolecular Hbond substituents is 1. The van der Waals surface area contributed by atoms with Crippen LogP contribution in [0.3, 0.4) is 0 Å². The average Bonchev–Trinajstić information content (AvgIpc) is 2.25. The molecule has 0 bridgehead atoms. The van der Waals surface area contributed by atoms with E-state index in [9.17, 15) is 23.1 Å². The molecule has 0 saturated carbocycles. The lowest BCUT2D eigenvalue weighted by Gasteiger charge is -2.12. The molecule has 0 radical (unpaired) electrons. The Morgan fingerprint density at radius 3 is 2.47 bits per heavy atom. The maximum atomic E-state index is 12.4. The van der Waals surface area contributed by atoms with Gasteiger partial charge in [-0.05, 0) is 12.1 Å². The van der Waals surface area contributed by atoms with Crippen molar-refractivity contribution in [1.82, 2.24) is 0 Å². The van der Waals surface area contributed by atoms with Crippen LogP contribution in [-0.4, -0.2) is 18.2 Å². The first kappa shape index (κ1) is 12.8. The quantitative estimate of drug-likeness (QED) is 0.769. The number of esters is 1. The first-order chi connectivity index (χ1) is 7.82. The lowest BCUT2D eigenvalue weighted by Crippen LogP contribution is -2.11. The zero-order valence-corrected chi connectivity index (χ0v) is 8.50. The molecule has 17 heavy (non-hydrogen) atoms. The first-order valence-electron chi connectivity index (χ1n) is 4.24. The van der Waals surface area contributed by atoms with Crippen LogP contribution in [0.2, 0.25) is 0 Å². The van der Waals surface area contributed by atoms with E-state index in [1.54, 1.807) is 0 Å². The number of carbonyl (C=O) groups is 1. The Hall–Kier alpha value is -2.23. The number of benzene rings is 1. The Balaban J connectivity index is 3.56. The highest BCUT2D eigenvalue weighted by atomic mass is 19.4. The number of halogens is 3. The molecule has 0 aromatic heterocycles. The van der Waals surface area contributed by atoms with Crippen molar-refractivity contribution in [3.05, 3.63) is 28.8 Å². The normalized spacial score (nSPS) is 10.8. The van der Waals surface area contributed by atoms with Crippen LogP contribution in [0.15, 0.2) is 12.1 Å². The van der Waals surface area contributed by atoms with Crippen LogP contribution in [0.25, 0.3) is 0 Å². The predicted molar refractivity (Wildman–Crippen MR) is 49.2 cm³/mol. The van der Waals surface area contributed by atoms with Gasteiger partial charge in [0.2, 0.25) is 0 Å². The summed E-state index contributed by atoms with van der Waals surface area (Å²) in [6.45, 7) is 0. The molecule has 0 spiro atoms. The van der Waals surface area contributed by atoms with Crippen molar-refractivity contribution >= 4 is 5.97 Å². The fourth-order valence-corrected chi connectivity index (χ4v) is 1.22. The molecule has 0 unspecified atom stereocenters. The molecule has 0 atom stereocenters. The highest BCUT2D eigenvalue weighted by Gasteiger charge is 2.36. The smallest absolute Gasteiger partial charge is 0.419 e. The Kier molecular flexibility index (Phi) is 3.27. The highest BCUT2D eigenvalue weighted by molar-refractivity contribution is 5.95. The van der Waals surface area contributed by atoms with Gasteiger partial charge in [0.05, 0.1) is 18.2 Å². The van der Waals surface area contributed by atoms with E-state index in [-0.39, 0.29) is 5.56 Å². The molecule has 0 saturated heterocycles. The first-order valence-corrected chi connectivity index (χ1v) is 4.24. The molecular weight excluding hydrogens is 239 g/mol. The van der Waals surface area contributed by atoms with Gasteiger partial charge >= 0.3 is 12.1 Å². The fraction of sp³-hybridized carbons (Fsp3) is 0.200. The Labute approximate surface area is 93.8 Å². The zero-order chi connectivity index (χ0) is 13.2. The molecule has 4 nitrogen and oxygen atoms in total. The van der Waals surface area contributed by atoms with E-state index in [1.807, 2.05) is 0 Å². The molecule has 0 aliphatic heterocycles. The number of rotatable bonds is 1. The van der Waals surface area contributed by atoms with Crippen LogP contribution < -0.4 is 0 Å². The molecule has 0 aliphatic rings. The number of hydrogen-bond acceptors (Lipinski definition) is 4. The van der Waals surface area contributed by atoms with Crippen LogP contribution in [-0.2, 0) is 10.9 Å². The Morgan fingerprint density at radius 2 is 2.06 bits per heavy atom. The van der Waals surface area contributed by atoms with Crippen molar-refractivity contribution in [3.8, 4) is 11.8 Å². The largest absolute Gasteiger partial charge is 0.506 e. The van der Waals surface area contributed by atoms with Crippen LogP contribution >= 0.6 is 0 Å². The molecule has 0 amide bonds. The van der Waals surface area contributed by atoms with E-state index in [1.165, 1.54) is 6.07 Å². The second kappa shape index (κ2) is 4.33. The zero-order valence-electron chi connectivity index (χ0n) is 8.50. The monoisotopic (exact) mass is 245 g/mol. The Morgan fingerprint density at radius 1 is 1.47 bits per heavy atom. The summed E-state index contributed by atoms with van der Waals surface area (Å²) in [5.74, 6) is -2.51. The van der Waals surface area contributed by atoms with Gasteiger partial charge in [-0.15, -0.1) is 0 Å². The van der Waals surface area contributed by atoms with Crippen molar-refractivity contribution in [1.29, 1.82) is 5.26 Å². The number of carbonyl (C=O) groups excluding carboxylic acids is 1. The van der Waals surface area contributed by atoms with Gasteiger partial charge in [-0.2, -0.15) is 18.4 Å². The van der Waals surface area contributed by atoms with Crippen LogP contribution in [0.4, 0.5) is 13.2 Å². The lowest BCUT2D eigenvalue weighted by atomic mass is 10.0. The number of alkyl halides is 3. The van der Waals surface area contributed by atoms with Crippen LogP contribution in [0, 0.1) is 11.3 Å². The molecule has 1 aromatic carbocycles. The second-order valence-electron chi connectivity index (χ2n) is 2.99. The van der Waals surface area contributed by atoms with E-state index in [4.69, 9.17) is 5.26 Å². The average molecular weight is 245 g/mol. The topological polar surface area (TPSA) is 70.3 Å². The number of hydrogen-bond donors (Lipinski definition) is 1. The summed E-state index contributed by atoms with van der Waals surface area (Å²) in [7, 11) is 0.934. The third-order valence-electron chi connectivity index (χ3n) is 1.99. The second-order valence-corrected chi connectivity index (χ2v) is 2.99. The number of methoxy groups -OCH3 is 1. The molecule has 1 aromatic rings. The lowest BCUT2D eigenvalue weighted by molar-refractivity contribution is -0.138. The van der Waals surface area contributed by atoms with Crippen molar-refractivity contribution < 1.29 is 27.8 Å². The van der Waals surface area contributed by atoms with E-state index in [2.05, 4.69) is 4.74 Å². The summed E-state index contributed by atoms with van der Waals surface area (Å²) in [5, 5.41) is 18.0. The minimum atomic E-state index is -4.82. The number of nitriles is 1. The van der Waals surface area contributed by atoms with Gasteiger partial charge in [0.15, 0.2) is 0 Å². The van der Waals surface area contributed by atoms with Gasteiger partial charge in [0, 0.05) is 0 Å². The van der Waals surface area contributed by atoms with Gasteiger partial charge in [-0.25, -0.2) is 4.79 Å². The molecule has 90 valence electrons. The molecule has 0 heterocycles. The molecule has 0 fully saturated rings. The number of nitrogens with zero attached hydrogens (tertiary/aromatic N) is 1. The summed E-state index contributed by atoms with van der Waals surface area (Å²) in [4.78, 5) is 11.2. The van der Waals surface area contributed by atoms with Crippen molar-refractivity contribution in [2.45, 2.75) is 6.18 Å². The summed E-state index contributed by atoms with van der Waals surface area (Å²) >= 11 is 0. The fourth-order valence-electron chi connectivity index (χ4n) is 1.22. The summed E-state index contributed by atoms with van der Waals surface area (Å²) in [6, 6.07) is 2.83. The number of aromatic hydroxyl groups is 1. The van der Waals surface area contributed by atoms with Gasteiger partial charge in [-0.1, -0.05) is 0 Å². The molecule has 1 N–H and O–H groups in total. The standard InChI is InChI=1S/C10H6F3NO3/c1-17-9(16)7-5(4-14)2-3-6(8(7)15)10(11,12)13/h2-3,15H,1H3. The van der Waals surface area contributed by atoms with Crippen LogP contribution in [0.5, 0.6) is 5.75 Å². The van der Waals surface area contributed by atoms with Gasteiger partial charge in [0.1, 0.15) is 17.4 Å². The van der Waals surface area contributed by atoms with Crippen molar-refractivity contribution in [2.24, 2.45) is 0 Å². The van der Waals surface area contributed by atoms with E-state index in [0.717, 1.165) is 13.2 Å². The maximum absolute atomic E-state index is 12.4. The number of ether oxygens (including phenoxy) is 1. The van der Waals surface area contributed by atoms with Gasteiger partial charge in [0.25, 0.3) is 0 Å². The van der Waals surface area contributed by atoms with Gasteiger partial charge < -0.3 is 9.84 Å². The van der Waals surface area contributed by atoms with Crippen molar-refractivity contribution in [2.75, 3.05) is 7.11 Å². The van der Waals surface area contributed by atoms with Gasteiger partial charge in [-0.3, -0.25) is 0 Å². The number of phenols is 1. The minimum absolute atomic E-state index is 0.387. The maximum Gasteiger partial charge on any atom is 0.419 e. The highest BCUT2D eigenvalue weighted by Crippen LogP contribution is 2.38. The summed E-state index contributed by atoms with van der Waals surface area (Å²) in [6.07, 6.45) is -4.82. The molecular formula is C10H6F3NO3. The molecule has 0 aliphatic carbocycles. The minimum Gasteiger partial charge on any atom is -0.506 e.